The number of hydrogen-bond donors (Lipinski definition) is 1. The molecule has 1 aromatic rings. The summed E-state index contributed by atoms with van der Waals surface area (Å²) >= 11 is 0. The van der Waals surface area contributed by atoms with Crippen molar-refractivity contribution >= 4 is 18.2 Å². The zero-order valence-electron chi connectivity index (χ0n) is 20.7. The van der Waals surface area contributed by atoms with Crippen molar-refractivity contribution in [3.05, 3.63) is 35.4 Å². The Morgan fingerprint density at radius 3 is 1.61 bits per heavy atom. The number of benzene rings is 1. The van der Waals surface area contributed by atoms with Crippen LogP contribution in [0, 0.1) is 0 Å². The highest BCUT2D eigenvalue weighted by Crippen LogP contribution is 2.19. The van der Waals surface area contributed by atoms with Gasteiger partial charge in [-0.05, 0) is 32.3 Å². The van der Waals surface area contributed by atoms with Crippen LogP contribution in [0.15, 0.2) is 24.3 Å². The number of rotatable bonds is 19. The zero-order chi connectivity index (χ0) is 22.1. The largest absolute Gasteiger partial charge is 0.325 e. The van der Waals surface area contributed by atoms with Gasteiger partial charge < -0.3 is 5.73 Å². The van der Waals surface area contributed by atoms with Crippen LogP contribution in [0.1, 0.15) is 139 Å². The minimum atomic E-state index is -0.287. The number of carbonyl (C=O) groups excluding carboxylic acids is 1. The predicted molar refractivity (Wildman–Crippen MR) is 140 cm³/mol. The highest BCUT2D eigenvalue weighted by Gasteiger charge is 2.17. The third-order valence-electron chi connectivity index (χ3n) is 5.97. The number of ketones is 1. The Balaban J connectivity index is 0.00000900. The molecule has 0 bridgehead atoms. The maximum absolute atomic E-state index is 12.6. The van der Waals surface area contributed by atoms with Crippen LogP contribution in [-0.2, 0) is 6.42 Å². The van der Waals surface area contributed by atoms with E-state index in [1.54, 1.807) is 0 Å². The average molecular weight is 452 g/mol. The Morgan fingerprint density at radius 1 is 0.742 bits per heavy atom. The Labute approximate surface area is 199 Å². The predicted octanol–water partition coefficient (Wildman–Crippen LogP) is 8.83. The lowest BCUT2D eigenvalue weighted by atomic mass is 9.90. The first-order chi connectivity index (χ1) is 14.4. The van der Waals surface area contributed by atoms with Crippen molar-refractivity contribution in [2.24, 2.45) is 5.73 Å². The van der Waals surface area contributed by atoms with E-state index in [-0.39, 0.29) is 23.7 Å². The number of halogens is 1. The van der Waals surface area contributed by atoms with Crippen LogP contribution in [0.3, 0.4) is 0 Å². The van der Waals surface area contributed by atoms with E-state index in [2.05, 4.69) is 6.92 Å². The topological polar surface area (TPSA) is 43.1 Å². The van der Waals surface area contributed by atoms with Crippen molar-refractivity contribution in [1.82, 2.24) is 0 Å². The lowest BCUT2D eigenvalue weighted by Crippen LogP contribution is -2.35. The van der Waals surface area contributed by atoms with Crippen molar-refractivity contribution in [3.8, 4) is 0 Å². The van der Waals surface area contributed by atoms with Crippen LogP contribution in [0.5, 0.6) is 0 Å². The van der Waals surface area contributed by atoms with Gasteiger partial charge >= 0.3 is 0 Å². The van der Waals surface area contributed by atoms with E-state index in [9.17, 15) is 4.79 Å². The molecular weight excluding hydrogens is 402 g/mol. The third kappa shape index (κ3) is 16.4. The molecule has 0 atom stereocenters. The monoisotopic (exact) mass is 451 g/mol. The first-order valence-electron chi connectivity index (χ1n) is 12.8. The lowest BCUT2D eigenvalue weighted by molar-refractivity contribution is 0.0978. The van der Waals surface area contributed by atoms with Crippen LogP contribution in [-0.4, -0.2) is 11.3 Å². The maximum atomic E-state index is 12.6. The summed E-state index contributed by atoms with van der Waals surface area (Å²) in [7, 11) is 0. The van der Waals surface area contributed by atoms with Crippen molar-refractivity contribution in [1.29, 1.82) is 0 Å². The number of nitrogens with two attached hydrogens (primary N) is 1. The first-order valence-corrected chi connectivity index (χ1v) is 12.8. The van der Waals surface area contributed by atoms with Crippen molar-refractivity contribution in [2.75, 3.05) is 0 Å². The summed E-state index contributed by atoms with van der Waals surface area (Å²) in [6.07, 6.45) is 21.7. The van der Waals surface area contributed by atoms with E-state index >= 15 is 0 Å². The molecule has 3 heteroatoms. The molecule has 0 aliphatic rings. The van der Waals surface area contributed by atoms with Crippen LogP contribution in [0.2, 0.25) is 0 Å². The second-order valence-corrected chi connectivity index (χ2v) is 9.95. The summed E-state index contributed by atoms with van der Waals surface area (Å²) < 4.78 is 0. The van der Waals surface area contributed by atoms with Gasteiger partial charge in [0.15, 0.2) is 5.78 Å². The zero-order valence-corrected chi connectivity index (χ0v) is 21.5. The molecular formula is C28H50ClNO. The van der Waals surface area contributed by atoms with Gasteiger partial charge in [0, 0.05) is 17.5 Å². The number of carbonyl (C=O) groups is 1. The van der Waals surface area contributed by atoms with Gasteiger partial charge in [0.1, 0.15) is 0 Å². The molecule has 0 heterocycles. The Kier molecular flexibility index (Phi) is 18.2. The summed E-state index contributed by atoms with van der Waals surface area (Å²) in [6.45, 7) is 6.32. The van der Waals surface area contributed by atoms with Gasteiger partial charge in [-0.2, -0.15) is 0 Å². The molecule has 0 aliphatic carbocycles. The highest BCUT2D eigenvalue weighted by atomic mass is 35.5. The third-order valence-corrected chi connectivity index (χ3v) is 5.97. The molecule has 1 rings (SSSR count). The summed E-state index contributed by atoms with van der Waals surface area (Å²) in [5, 5.41) is 0. The Hall–Kier alpha value is -0.860. The fraction of sp³-hybridized carbons (Fsp3) is 0.750. The molecule has 2 N–H and O–H groups in total. The summed E-state index contributed by atoms with van der Waals surface area (Å²) in [5.74, 6) is 0.282. The normalized spacial score (nSPS) is 11.4. The Morgan fingerprint density at radius 2 is 1.16 bits per heavy atom. The molecule has 1 aromatic carbocycles. The summed E-state index contributed by atoms with van der Waals surface area (Å²) in [6, 6.07) is 7.99. The van der Waals surface area contributed by atoms with E-state index in [1.807, 2.05) is 38.1 Å². The fourth-order valence-electron chi connectivity index (χ4n) is 4.23. The van der Waals surface area contributed by atoms with Gasteiger partial charge in [0.2, 0.25) is 0 Å². The average Bonchev–Trinajstić information content (AvgIpc) is 2.70. The van der Waals surface area contributed by atoms with E-state index in [1.165, 1.54) is 89.9 Å². The second kappa shape index (κ2) is 18.7. The molecule has 0 amide bonds. The molecule has 0 unspecified atom stereocenters. The Bertz CT molecular complexity index is 564. The number of Topliss-reactive ketones (excluding diaryl/α,β-unsaturated/α-hetero) is 1. The molecule has 31 heavy (non-hydrogen) atoms. The van der Waals surface area contributed by atoms with Gasteiger partial charge in [-0.15, -0.1) is 12.4 Å². The smallest absolute Gasteiger partial charge is 0.163 e. The van der Waals surface area contributed by atoms with Crippen molar-refractivity contribution in [3.63, 3.8) is 0 Å². The molecule has 0 radical (unpaired) electrons. The second-order valence-electron chi connectivity index (χ2n) is 9.95. The number of hydrogen-bond acceptors (Lipinski definition) is 2. The van der Waals surface area contributed by atoms with Crippen LogP contribution in [0.25, 0.3) is 0 Å². The fourth-order valence-corrected chi connectivity index (χ4v) is 4.23. The van der Waals surface area contributed by atoms with Crippen LogP contribution < -0.4 is 5.73 Å². The van der Waals surface area contributed by atoms with Crippen molar-refractivity contribution in [2.45, 2.75) is 135 Å². The standard InChI is InChI=1S/C28H49NO.ClH/c1-4-5-6-7-8-9-10-11-12-13-14-15-16-17-18-23-27(30)26-22-20-19-21-25(26)24-28(2,3)29;/h19-22H,4-18,23-24,29H2,1-3H3;1H. The molecule has 0 aliphatic heterocycles. The summed E-state index contributed by atoms with van der Waals surface area (Å²) in [5.41, 5.74) is 7.84. The van der Waals surface area contributed by atoms with Gasteiger partial charge in [-0.1, -0.05) is 121 Å². The van der Waals surface area contributed by atoms with Gasteiger partial charge in [0.25, 0.3) is 0 Å². The highest BCUT2D eigenvalue weighted by molar-refractivity contribution is 5.97. The summed E-state index contributed by atoms with van der Waals surface area (Å²) in [4.78, 5) is 12.6. The van der Waals surface area contributed by atoms with Crippen LogP contribution >= 0.6 is 12.4 Å². The quantitative estimate of drug-likeness (QED) is 0.168. The SMILES string of the molecule is CCCCCCCCCCCCCCCCCC(=O)c1ccccc1CC(C)(C)N.Cl. The molecule has 180 valence electrons. The molecule has 0 saturated heterocycles. The van der Waals surface area contributed by atoms with Gasteiger partial charge in [-0.25, -0.2) is 0 Å². The van der Waals surface area contributed by atoms with E-state index in [4.69, 9.17) is 5.73 Å². The minimum Gasteiger partial charge on any atom is -0.325 e. The van der Waals surface area contributed by atoms with E-state index < -0.39 is 0 Å². The minimum absolute atomic E-state index is 0. The van der Waals surface area contributed by atoms with Crippen LogP contribution in [0.4, 0.5) is 0 Å². The van der Waals surface area contributed by atoms with Gasteiger partial charge in [-0.3, -0.25) is 4.79 Å². The van der Waals surface area contributed by atoms with Crippen molar-refractivity contribution < 1.29 is 4.79 Å². The molecule has 0 fully saturated rings. The number of unbranched alkanes of at least 4 members (excludes halogenated alkanes) is 14. The molecule has 2 nitrogen and oxygen atoms in total. The molecule has 0 spiro atoms. The van der Waals surface area contributed by atoms with E-state index in [0.29, 0.717) is 6.42 Å². The molecule has 0 aromatic heterocycles. The first kappa shape index (κ1) is 30.1. The molecule has 0 saturated carbocycles. The van der Waals surface area contributed by atoms with Gasteiger partial charge in [0.05, 0.1) is 0 Å². The maximum Gasteiger partial charge on any atom is 0.163 e. The van der Waals surface area contributed by atoms with E-state index in [0.717, 1.165) is 24.0 Å². The lowest BCUT2D eigenvalue weighted by Gasteiger charge is -2.20.